The summed E-state index contributed by atoms with van der Waals surface area (Å²) in [6.07, 6.45) is 3.31. The minimum absolute atomic E-state index is 0.774. The van der Waals surface area contributed by atoms with Crippen molar-refractivity contribution in [3.63, 3.8) is 0 Å². The van der Waals surface area contributed by atoms with E-state index in [2.05, 4.69) is 11.8 Å². The molecule has 0 saturated carbocycles. The van der Waals surface area contributed by atoms with Gasteiger partial charge in [-0.3, -0.25) is 0 Å². The summed E-state index contributed by atoms with van der Waals surface area (Å²) in [5.41, 5.74) is 2.17. The first-order valence-corrected chi connectivity index (χ1v) is 6.38. The zero-order chi connectivity index (χ0) is 8.16. The van der Waals surface area contributed by atoms with E-state index in [9.17, 15) is 0 Å². The van der Waals surface area contributed by atoms with Crippen LogP contribution in [0.5, 0.6) is 0 Å². The molecule has 0 bridgehead atoms. The summed E-state index contributed by atoms with van der Waals surface area (Å²) in [6, 6.07) is 1.11. The Bertz CT molecular complexity index is 139. The molecule has 1 heterocycles. The van der Waals surface area contributed by atoms with Crippen LogP contribution < -0.4 is 0 Å². The highest BCUT2D eigenvalue weighted by molar-refractivity contribution is 6.73. The van der Waals surface area contributed by atoms with Crippen molar-refractivity contribution in [2.24, 2.45) is 0 Å². The third-order valence-corrected chi connectivity index (χ3v) is 5.09. The lowest BCUT2D eigenvalue weighted by Crippen LogP contribution is -2.38. The van der Waals surface area contributed by atoms with Crippen molar-refractivity contribution in [3.05, 3.63) is 11.8 Å². The van der Waals surface area contributed by atoms with Gasteiger partial charge >= 0.3 is 8.56 Å². The van der Waals surface area contributed by atoms with E-state index in [1.165, 1.54) is 0 Å². The fourth-order valence-electron chi connectivity index (χ4n) is 1.40. The Labute approximate surface area is 69.5 Å². The second-order valence-corrected chi connectivity index (χ2v) is 5.65. The van der Waals surface area contributed by atoms with Crippen LogP contribution >= 0.6 is 0 Å². The van der Waals surface area contributed by atoms with Crippen molar-refractivity contribution in [1.82, 2.24) is 0 Å². The molecule has 0 unspecified atom stereocenters. The van der Waals surface area contributed by atoms with Gasteiger partial charge in [0.2, 0.25) is 0 Å². The minimum atomic E-state index is -1.81. The Kier molecular flexibility index (Phi) is 3.30. The smallest absolute Gasteiger partial charge is 0.365 e. The number of allylic oxidation sites excluding steroid dienone is 1. The highest BCUT2D eigenvalue weighted by Gasteiger charge is 2.36. The van der Waals surface area contributed by atoms with Crippen molar-refractivity contribution >= 4 is 8.56 Å². The molecule has 2 nitrogen and oxygen atoms in total. The van der Waals surface area contributed by atoms with E-state index < -0.39 is 8.56 Å². The lowest BCUT2D eigenvalue weighted by molar-refractivity contribution is 0.196. The highest BCUT2D eigenvalue weighted by Crippen LogP contribution is 2.23. The third kappa shape index (κ3) is 2.15. The van der Waals surface area contributed by atoms with Gasteiger partial charge in [-0.2, -0.15) is 0 Å². The van der Waals surface area contributed by atoms with E-state index in [-0.39, 0.29) is 0 Å². The van der Waals surface area contributed by atoms with Crippen LogP contribution in [0.1, 0.15) is 20.3 Å². The second kappa shape index (κ2) is 4.04. The highest BCUT2D eigenvalue weighted by atomic mass is 28.4. The fourth-order valence-corrected chi connectivity index (χ4v) is 4.20. The first kappa shape index (κ1) is 8.97. The zero-order valence-electron chi connectivity index (χ0n) is 7.30. The van der Waals surface area contributed by atoms with Crippen molar-refractivity contribution in [3.8, 4) is 0 Å². The van der Waals surface area contributed by atoms with E-state index in [4.69, 9.17) is 8.85 Å². The summed E-state index contributed by atoms with van der Waals surface area (Å²) in [5.74, 6) is 0. The van der Waals surface area contributed by atoms with Gasteiger partial charge in [0.25, 0.3) is 0 Å². The van der Waals surface area contributed by atoms with Gasteiger partial charge in [-0.1, -0.05) is 6.08 Å². The van der Waals surface area contributed by atoms with Crippen molar-refractivity contribution in [2.75, 3.05) is 13.2 Å². The fraction of sp³-hybridized carbons (Fsp3) is 0.750. The largest absolute Gasteiger partial charge is 0.392 e. The molecule has 0 spiro atoms. The Morgan fingerprint density at radius 2 is 1.91 bits per heavy atom. The topological polar surface area (TPSA) is 18.5 Å². The molecule has 0 saturated heterocycles. The quantitative estimate of drug-likeness (QED) is 0.604. The predicted octanol–water partition coefficient (Wildman–Crippen LogP) is 2.00. The van der Waals surface area contributed by atoms with Crippen LogP contribution in [0.15, 0.2) is 11.8 Å². The molecule has 64 valence electrons. The monoisotopic (exact) mass is 172 g/mol. The molecule has 0 atom stereocenters. The van der Waals surface area contributed by atoms with Crippen LogP contribution in [0.25, 0.3) is 0 Å². The van der Waals surface area contributed by atoms with Crippen LogP contribution in [0.2, 0.25) is 6.04 Å². The zero-order valence-corrected chi connectivity index (χ0v) is 8.30. The van der Waals surface area contributed by atoms with Gasteiger partial charge in [0, 0.05) is 13.2 Å². The molecule has 3 heteroatoms. The molecule has 0 aromatic rings. The van der Waals surface area contributed by atoms with Crippen LogP contribution in [0.4, 0.5) is 0 Å². The number of hydrogen-bond donors (Lipinski definition) is 0. The molecular formula is C8H16O2Si. The maximum Gasteiger partial charge on any atom is 0.365 e. The van der Waals surface area contributed by atoms with E-state index in [0.29, 0.717) is 0 Å². The van der Waals surface area contributed by atoms with Gasteiger partial charge in [0.15, 0.2) is 0 Å². The molecule has 0 N–H and O–H groups in total. The second-order valence-electron chi connectivity index (χ2n) is 2.62. The van der Waals surface area contributed by atoms with Crippen LogP contribution in [0.3, 0.4) is 0 Å². The molecular weight excluding hydrogens is 156 g/mol. The predicted molar refractivity (Wildman–Crippen MR) is 47.6 cm³/mol. The SMILES string of the molecule is CCO[Si]1(OCC)C=CCC1. The maximum absolute atomic E-state index is 5.66. The van der Waals surface area contributed by atoms with Crippen LogP contribution in [-0.4, -0.2) is 21.8 Å². The Balaban J connectivity index is 2.48. The van der Waals surface area contributed by atoms with Gasteiger partial charge in [-0.15, -0.1) is 0 Å². The molecule has 1 aliphatic heterocycles. The van der Waals surface area contributed by atoms with Gasteiger partial charge in [-0.25, -0.2) is 0 Å². The molecule has 0 amide bonds. The first-order valence-electron chi connectivity index (χ1n) is 4.28. The molecule has 0 aliphatic carbocycles. The normalized spacial score (nSPS) is 20.9. The van der Waals surface area contributed by atoms with Crippen molar-refractivity contribution < 1.29 is 8.85 Å². The molecule has 0 radical (unpaired) electrons. The van der Waals surface area contributed by atoms with Crippen molar-refractivity contribution in [1.29, 1.82) is 0 Å². The summed E-state index contributed by atoms with van der Waals surface area (Å²) >= 11 is 0. The first-order chi connectivity index (χ1) is 5.33. The van der Waals surface area contributed by atoms with Gasteiger partial charge in [0.1, 0.15) is 0 Å². The lowest BCUT2D eigenvalue weighted by atomic mass is 10.5. The Morgan fingerprint density at radius 1 is 1.27 bits per heavy atom. The Morgan fingerprint density at radius 3 is 2.27 bits per heavy atom. The van der Waals surface area contributed by atoms with E-state index >= 15 is 0 Å². The Hall–Kier alpha value is -0.123. The third-order valence-electron chi connectivity index (χ3n) is 1.81. The number of rotatable bonds is 4. The summed E-state index contributed by atoms with van der Waals surface area (Å²) in [5, 5.41) is 0. The van der Waals surface area contributed by atoms with Crippen LogP contribution in [-0.2, 0) is 8.85 Å². The molecule has 1 rings (SSSR count). The molecule has 0 aromatic heterocycles. The molecule has 11 heavy (non-hydrogen) atoms. The average molecular weight is 172 g/mol. The maximum atomic E-state index is 5.66. The molecule has 0 aromatic carbocycles. The standard InChI is InChI=1S/C8H16O2Si/c1-3-9-11(10-4-2)7-5-6-8-11/h5,7H,3-4,6,8H2,1-2H3. The van der Waals surface area contributed by atoms with E-state index in [0.717, 1.165) is 25.7 Å². The average Bonchev–Trinajstić information content (AvgIpc) is 2.39. The summed E-state index contributed by atoms with van der Waals surface area (Å²) in [7, 11) is -1.81. The summed E-state index contributed by atoms with van der Waals surface area (Å²) in [6.45, 7) is 5.60. The van der Waals surface area contributed by atoms with E-state index in [1.54, 1.807) is 0 Å². The minimum Gasteiger partial charge on any atom is -0.392 e. The lowest BCUT2D eigenvalue weighted by Gasteiger charge is -2.22. The molecule has 0 fully saturated rings. The van der Waals surface area contributed by atoms with Crippen LogP contribution in [0, 0.1) is 0 Å². The molecule has 1 aliphatic rings. The summed E-state index contributed by atoms with van der Waals surface area (Å²) in [4.78, 5) is 0. The van der Waals surface area contributed by atoms with Gasteiger partial charge in [0.05, 0.1) is 0 Å². The van der Waals surface area contributed by atoms with Crippen molar-refractivity contribution in [2.45, 2.75) is 26.3 Å². The van der Waals surface area contributed by atoms with Gasteiger partial charge < -0.3 is 8.85 Å². The van der Waals surface area contributed by atoms with Gasteiger partial charge in [-0.05, 0) is 32.0 Å². The number of hydrogen-bond acceptors (Lipinski definition) is 2. The van der Waals surface area contributed by atoms with E-state index in [1.807, 2.05) is 13.8 Å². The summed E-state index contributed by atoms with van der Waals surface area (Å²) < 4.78 is 11.3.